The molecular formula is C16H24BrN3O. The highest BCUT2D eigenvalue weighted by Gasteiger charge is 2.20. The van der Waals surface area contributed by atoms with Crippen molar-refractivity contribution in [3.8, 4) is 0 Å². The van der Waals surface area contributed by atoms with Crippen molar-refractivity contribution in [1.29, 1.82) is 0 Å². The normalized spacial score (nSPS) is 16.0. The zero-order chi connectivity index (χ0) is 15.2. The Labute approximate surface area is 135 Å². The topological polar surface area (TPSA) is 44.4 Å². The zero-order valence-corrected chi connectivity index (χ0v) is 14.4. The van der Waals surface area contributed by atoms with Crippen molar-refractivity contribution in [2.24, 2.45) is 5.92 Å². The number of benzene rings is 1. The molecule has 2 rings (SSSR count). The molecule has 0 spiro atoms. The lowest BCUT2D eigenvalue weighted by Crippen LogP contribution is -2.38. The average molecular weight is 354 g/mol. The van der Waals surface area contributed by atoms with Crippen LogP contribution < -0.4 is 15.5 Å². The minimum atomic E-state index is 0.0708. The van der Waals surface area contributed by atoms with Gasteiger partial charge in [0.2, 0.25) is 5.91 Å². The second-order valence-electron chi connectivity index (χ2n) is 5.67. The van der Waals surface area contributed by atoms with Crippen LogP contribution in [0.25, 0.3) is 0 Å². The van der Waals surface area contributed by atoms with E-state index in [2.05, 4.69) is 49.7 Å². The Kier molecular flexibility index (Phi) is 6.06. The number of nitrogens with zero attached hydrogens (tertiary/aromatic N) is 1. The van der Waals surface area contributed by atoms with E-state index >= 15 is 0 Å². The molecule has 0 aliphatic carbocycles. The molecule has 116 valence electrons. The number of hydrogen-bond acceptors (Lipinski definition) is 3. The van der Waals surface area contributed by atoms with Crippen LogP contribution in [0.3, 0.4) is 0 Å². The summed E-state index contributed by atoms with van der Waals surface area (Å²) >= 11 is 3.65. The summed E-state index contributed by atoms with van der Waals surface area (Å²) in [5, 5.41) is 6.10. The third-order valence-corrected chi connectivity index (χ3v) is 4.76. The van der Waals surface area contributed by atoms with Crippen molar-refractivity contribution in [3.05, 3.63) is 28.2 Å². The van der Waals surface area contributed by atoms with Crippen LogP contribution in [-0.4, -0.2) is 32.6 Å². The molecule has 0 bridgehead atoms. The number of carbonyl (C=O) groups excluding carboxylic acids is 1. The third-order valence-electron chi connectivity index (χ3n) is 4.02. The molecule has 0 radical (unpaired) electrons. The molecule has 1 aromatic carbocycles. The van der Waals surface area contributed by atoms with Gasteiger partial charge in [-0.05, 0) is 43.5 Å². The van der Waals surface area contributed by atoms with E-state index in [0.717, 1.165) is 43.5 Å². The molecule has 21 heavy (non-hydrogen) atoms. The van der Waals surface area contributed by atoms with Gasteiger partial charge < -0.3 is 15.5 Å². The Morgan fingerprint density at radius 1 is 1.38 bits per heavy atom. The van der Waals surface area contributed by atoms with Gasteiger partial charge in [-0.3, -0.25) is 4.79 Å². The molecule has 1 saturated heterocycles. The van der Waals surface area contributed by atoms with Gasteiger partial charge in [0.25, 0.3) is 0 Å². The first-order valence-electron chi connectivity index (χ1n) is 7.52. The van der Waals surface area contributed by atoms with Gasteiger partial charge in [-0.2, -0.15) is 0 Å². The summed E-state index contributed by atoms with van der Waals surface area (Å²) in [5.74, 6) is 0.679. The number of piperidine rings is 1. The Balaban J connectivity index is 1.90. The van der Waals surface area contributed by atoms with E-state index in [9.17, 15) is 4.79 Å². The molecule has 1 aromatic rings. The minimum absolute atomic E-state index is 0.0708. The zero-order valence-electron chi connectivity index (χ0n) is 12.8. The number of carbonyl (C=O) groups is 1. The third kappa shape index (κ3) is 4.71. The highest BCUT2D eigenvalue weighted by molar-refractivity contribution is 9.10. The van der Waals surface area contributed by atoms with E-state index in [0.29, 0.717) is 5.92 Å². The van der Waals surface area contributed by atoms with Crippen molar-refractivity contribution in [3.63, 3.8) is 0 Å². The molecule has 1 fully saturated rings. The van der Waals surface area contributed by atoms with Crippen LogP contribution >= 0.6 is 15.9 Å². The van der Waals surface area contributed by atoms with Gasteiger partial charge in [-0.15, -0.1) is 0 Å². The number of amides is 1. The second-order valence-corrected chi connectivity index (χ2v) is 6.53. The van der Waals surface area contributed by atoms with Crippen molar-refractivity contribution in [2.45, 2.75) is 26.3 Å². The van der Waals surface area contributed by atoms with Crippen LogP contribution in [0.15, 0.2) is 22.7 Å². The van der Waals surface area contributed by atoms with Gasteiger partial charge in [0.15, 0.2) is 0 Å². The van der Waals surface area contributed by atoms with E-state index in [1.54, 1.807) is 6.92 Å². The highest BCUT2D eigenvalue weighted by atomic mass is 79.9. The number of nitrogens with one attached hydrogen (secondary N) is 2. The predicted molar refractivity (Wildman–Crippen MR) is 90.5 cm³/mol. The Bertz CT molecular complexity index is 484. The molecule has 5 heteroatoms. The van der Waals surface area contributed by atoms with Crippen LogP contribution in [0, 0.1) is 5.92 Å². The number of anilines is 1. The maximum atomic E-state index is 11.0. The average Bonchev–Trinajstić information content (AvgIpc) is 2.48. The highest BCUT2D eigenvalue weighted by Crippen LogP contribution is 2.27. The van der Waals surface area contributed by atoms with E-state index in [1.807, 2.05) is 7.05 Å². The Hall–Kier alpha value is -1.07. The van der Waals surface area contributed by atoms with E-state index < -0.39 is 0 Å². The van der Waals surface area contributed by atoms with Crippen LogP contribution in [0.1, 0.15) is 25.3 Å². The molecule has 0 unspecified atom stereocenters. The maximum absolute atomic E-state index is 11.0. The molecule has 2 N–H and O–H groups in total. The summed E-state index contributed by atoms with van der Waals surface area (Å²) in [5.41, 5.74) is 2.56. The molecule has 0 saturated carbocycles. The summed E-state index contributed by atoms with van der Waals surface area (Å²) in [6.07, 6.45) is 2.27. The van der Waals surface area contributed by atoms with Crippen LogP contribution in [0.4, 0.5) is 5.69 Å². The lowest BCUT2D eigenvalue weighted by atomic mass is 9.96. The molecule has 1 aliphatic rings. The van der Waals surface area contributed by atoms with Gasteiger partial charge in [0.05, 0.1) is 0 Å². The van der Waals surface area contributed by atoms with Crippen LogP contribution in [-0.2, 0) is 11.3 Å². The molecule has 1 heterocycles. The Morgan fingerprint density at radius 3 is 2.67 bits per heavy atom. The summed E-state index contributed by atoms with van der Waals surface area (Å²) < 4.78 is 1.16. The van der Waals surface area contributed by atoms with Gasteiger partial charge in [-0.1, -0.05) is 22.0 Å². The fraction of sp³-hybridized carbons (Fsp3) is 0.562. The van der Waals surface area contributed by atoms with Crippen LogP contribution in [0.2, 0.25) is 0 Å². The predicted octanol–water partition coefficient (Wildman–Crippen LogP) is 2.52. The largest absolute Gasteiger partial charge is 0.371 e. The monoisotopic (exact) mass is 353 g/mol. The molecule has 0 atom stereocenters. The second kappa shape index (κ2) is 7.80. The molecule has 1 aliphatic heterocycles. The number of rotatable bonds is 5. The van der Waals surface area contributed by atoms with Gasteiger partial charge in [-0.25, -0.2) is 0 Å². The summed E-state index contributed by atoms with van der Waals surface area (Å²) in [7, 11) is 1.96. The molecular weight excluding hydrogens is 330 g/mol. The molecule has 1 amide bonds. The van der Waals surface area contributed by atoms with Gasteiger partial charge >= 0.3 is 0 Å². The lowest BCUT2D eigenvalue weighted by Gasteiger charge is -2.34. The van der Waals surface area contributed by atoms with E-state index in [-0.39, 0.29) is 5.91 Å². The van der Waals surface area contributed by atoms with Crippen molar-refractivity contribution in [2.75, 3.05) is 31.6 Å². The van der Waals surface area contributed by atoms with E-state index in [1.165, 1.54) is 11.3 Å². The summed E-state index contributed by atoms with van der Waals surface area (Å²) in [6, 6.07) is 6.59. The van der Waals surface area contributed by atoms with Gasteiger partial charge in [0, 0.05) is 43.3 Å². The summed E-state index contributed by atoms with van der Waals surface area (Å²) in [6.45, 7) is 5.39. The lowest BCUT2D eigenvalue weighted by molar-refractivity contribution is -0.119. The van der Waals surface area contributed by atoms with Crippen molar-refractivity contribution >= 4 is 27.5 Å². The maximum Gasteiger partial charge on any atom is 0.216 e. The van der Waals surface area contributed by atoms with Crippen LogP contribution in [0.5, 0.6) is 0 Å². The minimum Gasteiger partial charge on any atom is -0.371 e. The molecule has 0 aromatic heterocycles. The standard InChI is InChI=1S/C16H24BrN3O/c1-12(21)19-10-13-5-7-20(8-6-13)15-4-3-14(11-18-2)16(17)9-15/h3-4,9,13,18H,5-8,10-11H2,1-2H3,(H,19,21). The SMILES string of the molecule is CNCc1ccc(N2CCC(CNC(C)=O)CC2)cc1Br. The first-order valence-corrected chi connectivity index (χ1v) is 8.32. The van der Waals surface area contributed by atoms with E-state index in [4.69, 9.17) is 0 Å². The smallest absolute Gasteiger partial charge is 0.216 e. The number of halogens is 1. The van der Waals surface area contributed by atoms with Crippen molar-refractivity contribution in [1.82, 2.24) is 10.6 Å². The van der Waals surface area contributed by atoms with Gasteiger partial charge in [0.1, 0.15) is 0 Å². The fourth-order valence-electron chi connectivity index (χ4n) is 2.75. The molecule has 4 nitrogen and oxygen atoms in total. The first-order chi connectivity index (χ1) is 10.1. The van der Waals surface area contributed by atoms with Crippen molar-refractivity contribution < 1.29 is 4.79 Å². The first kappa shape index (κ1) is 16.3. The fourth-order valence-corrected chi connectivity index (χ4v) is 3.26. The Morgan fingerprint density at radius 2 is 2.10 bits per heavy atom. The quantitative estimate of drug-likeness (QED) is 0.854. The summed E-state index contributed by atoms with van der Waals surface area (Å²) in [4.78, 5) is 13.4. The number of hydrogen-bond donors (Lipinski definition) is 2.